The van der Waals surface area contributed by atoms with Crippen molar-refractivity contribution >= 4 is 88.5 Å². The largest absolute Gasteiger partial charge is 0.310 e. The van der Waals surface area contributed by atoms with Crippen LogP contribution in [0.2, 0.25) is 0 Å². The first-order valence-corrected chi connectivity index (χ1v) is 21.6. The highest BCUT2D eigenvalue weighted by atomic mass is 15.1. The number of rotatable bonds is 8. The number of hydrogen-bond donors (Lipinski definition) is 0. The molecule has 0 fully saturated rings. The lowest BCUT2D eigenvalue weighted by atomic mass is 10.1. The summed E-state index contributed by atoms with van der Waals surface area (Å²) in [4.78, 5) is 4.71. The van der Waals surface area contributed by atoms with Gasteiger partial charge in [0.2, 0.25) is 0 Å². The zero-order valence-electron chi connectivity index (χ0n) is 34.8. The molecule has 10 aromatic carbocycles. The Kier molecular flexibility index (Phi) is 8.68. The van der Waals surface area contributed by atoms with Crippen molar-refractivity contribution in [3.8, 4) is 11.4 Å². The topological polar surface area (TPSA) is 16.3 Å². The minimum Gasteiger partial charge on any atom is -0.310 e. The number of para-hydroxylation sites is 4. The van der Waals surface area contributed by atoms with E-state index in [0.717, 1.165) is 56.5 Å². The molecule has 0 aliphatic rings. The minimum absolute atomic E-state index is 1.11. The molecular weight excluding hydrogens is 765 g/mol. The number of benzene rings is 10. The van der Waals surface area contributed by atoms with Crippen LogP contribution in [0.4, 0.5) is 34.1 Å². The van der Waals surface area contributed by atoms with Crippen molar-refractivity contribution in [3.05, 3.63) is 242 Å². The fourth-order valence-electron chi connectivity index (χ4n) is 9.59. The predicted octanol–water partition coefficient (Wildman–Crippen LogP) is 16.3. The molecule has 0 unspecified atom stereocenters. The second kappa shape index (κ2) is 15.0. The zero-order chi connectivity index (χ0) is 41.9. The summed E-state index contributed by atoms with van der Waals surface area (Å²) in [5.41, 5.74) is 14.8. The van der Waals surface area contributed by atoms with Crippen LogP contribution in [0, 0.1) is 6.92 Å². The first kappa shape index (κ1) is 36.5. The predicted molar refractivity (Wildman–Crippen MR) is 267 cm³/mol. The highest BCUT2D eigenvalue weighted by molar-refractivity contribution is 6.12. The van der Waals surface area contributed by atoms with Gasteiger partial charge in [-0.2, -0.15) is 0 Å². The molecule has 12 aromatic rings. The number of aryl methyl sites for hydroxylation is 1. The highest BCUT2D eigenvalue weighted by Gasteiger charge is 2.20. The second-order valence-electron chi connectivity index (χ2n) is 16.3. The van der Waals surface area contributed by atoms with Crippen molar-refractivity contribution in [1.29, 1.82) is 0 Å². The van der Waals surface area contributed by atoms with E-state index in [1.807, 2.05) is 0 Å². The van der Waals surface area contributed by atoms with E-state index in [1.54, 1.807) is 0 Å². The summed E-state index contributed by atoms with van der Waals surface area (Å²) in [6.07, 6.45) is 0. The van der Waals surface area contributed by atoms with Gasteiger partial charge >= 0.3 is 0 Å². The Morgan fingerprint density at radius 2 is 0.683 bits per heavy atom. The zero-order valence-corrected chi connectivity index (χ0v) is 34.8. The molecule has 12 rings (SSSR count). The molecule has 0 aliphatic carbocycles. The number of fused-ring (bicyclic) bond motifs is 7. The number of anilines is 6. The maximum absolute atomic E-state index is 2.42. The van der Waals surface area contributed by atoms with Gasteiger partial charge in [-0.25, -0.2) is 0 Å². The third-order valence-corrected chi connectivity index (χ3v) is 12.5. The lowest BCUT2D eigenvalue weighted by molar-refractivity contribution is 1.13. The van der Waals surface area contributed by atoms with E-state index in [2.05, 4.69) is 262 Å². The van der Waals surface area contributed by atoms with Crippen LogP contribution in [0.1, 0.15) is 5.56 Å². The van der Waals surface area contributed by atoms with E-state index in [1.165, 1.54) is 48.9 Å². The quantitative estimate of drug-likeness (QED) is 0.152. The Labute approximate surface area is 366 Å². The first-order valence-electron chi connectivity index (χ1n) is 21.6. The van der Waals surface area contributed by atoms with Crippen LogP contribution in [-0.2, 0) is 0 Å². The third kappa shape index (κ3) is 6.23. The SMILES string of the molecule is Cc1ccc(N(c2ccccc2)c2ccc3c(c2)c2ccccc2n3-c2cccc(-n3c4ccccc4c4cc(N(c5ccccc5)c5ccc6ccccc6c5)ccc43)c2)cc1. The second-order valence-corrected chi connectivity index (χ2v) is 16.3. The molecule has 0 amide bonds. The highest BCUT2D eigenvalue weighted by Crippen LogP contribution is 2.43. The summed E-state index contributed by atoms with van der Waals surface area (Å²) in [5, 5.41) is 7.29. The van der Waals surface area contributed by atoms with Gasteiger partial charge in [0.15, 0.2) is 0 Å². The summed E-state index contributed by atoms with van der Waals surface area (Å²) in [6.45, 7) is 2.14. The van der Waals surface area contributed by atoms with E-state index in [9.17, 15) is 0 Å². The van der Waals surface area contributed by atoms with Crippen molar-refractivity contribution in [2.24, 2.45) is 0 Å². The fourth-order valence-corrected chi connectivity index (χ4v) is 9.59. The van der Waals surface area contributed by atoms with Crippen LogP contribution in [0.3, 0.4) is 0 Å². The van der Waals surface area contributed by atoms with Crippen LogP contribution in [0.15, 0.2) is 237 Å². The minimum atomic E-state index is 1.11. The molecule has 0 radical (unpaired) electrons. The Bertz CT molecular complexity index is 3640. The molecule has 4 heteroatoms. The van der Waals surface area contributed by atoms with Crippen molar-refractivity contribution in [1.82, 2.24) is 9.13 Å². The smallest absolute Gasteiger partial charge is 0.0542 e. The van der Waals surface area contributed by atoms with Crippen molar-refractivity contribution in [2.45, 2.75) is 6.92 Å². The molecular formula is C59H42N4. The van der Waals surface area contributed by atoms with E-state index < -0.39 is 0 Å². The van der Waals surface area contributed by atoms with Crippen LogP contribution in [-0.4, -0.2) is 9.13 Å². The van der Waals surface area contributed by atoms with Crippen LogP contribution < -0.4 is 9.80 Å². The maximum Gasteiger partial charge on any atom is 0.0542 e. The van der Waals surface area contributed by atoms with Crippen LogP contribution >= 0.6 is 0 Å². The summed E-state index contributed by atoms with van der Waals surface area (Å²) in [7, 11) is 0. The van der Waals surface area contributed by atoms with E-state index >= 15 is 0 Å². The van der Waals surface area contributed by atoms with E-state index in [0.29, 0.717) is 0 Å². The molecule has 4 nitrogen and oxygen atoms in total. The molecule has 0 N–H and O–H groups in total. The number of hydrogen-bond acceptors (Lipinski definition) is 2. The third-order valence-electron chi connectivity index (χ3n) is 12.5. The van der Waals surface area contributed by atoms with Gasteiger partial charge in [-0.3, -0.25) is 0 Å². The van der Waals surface area contributed by atoms with Crippen molar-refractivity contribution in [2.75, 3.05) is 9.80 Å². The number of aromatic nitrogens is 2. The molecule has 0 aliphatic heterocycles. The van der Waals surface area contributed by atoms with Gasteiger partial charge in [0.05, 0.1) is 22.1 Å². The summed E-state index contributed by atoms with van der Waals surface area (Å²) >= 11 is 0. The van der Waals surface area contributed by atoms with Crippen molar-refractivity contribution in [3.63, 3.8) is 0 Å². The average molecular weight is 807 g/mol. The average Bonchev–Trinajstić information content (AvgIpc) is 3.85. The van der Waals surface area contributed by atoms with Gasteiger partial charge in [0.25, 0.3) is 0 Å². The Morgan fingerprint density at radius 3 is 1.25 bits per heavy atom. The van der Waals surface area contributed by atoms with Gasteiger partial charge in [-0.15, -0.1) is 0 Å². The normalized spacial score (nSPS) is 11.6. The Morgan fingerprint density at radius 1 is 0.270 bits per heavy atom. The summed E-state index contributed by atoms with van der Waals surface area (Å²) in [5.74, 6) is 0. The Balaban J connectivity index is 1.00. The first-order chi connectivity index (χ1) is 31.2. The van der Waals surface area contributed by atoms with Gasteiger partial charge in [0, 0.05) is 67.0 Å². The lowest BCUT2D eigenvalue weighted by Gasteiger charge is -2.26. The number of nitrogens with zero attached hydrogens (tertiary/aromatic N) is 4. The van der Waals surface area contributed by atoms with Crippen molar-refractivity contribution < 1.29 is 0 Å². The van der Waals surface area contributed by atoms with Crippen LogP contribution in [0.25, 0.3) is 65.8 Å². The standard InChI is InChI=1S/C59H42N4/c1-41-27-30-46(31-28-41)60(44-17-4-2-5-18-44)50-33-35-58-54(39-50)52-23-10-12-25-56(52)62(58)47-21-14-22-48(38-47)63-57-26-13-11-24-53(57)55-40-51(34-36-59(55)63)61(45-19-6-3-7-20-45)49-32-29-42-15-8-9-16-43(42)37-49/h2-40H,1H3. The lowest BCUT2D eigenvalue weighted by Crippen LogP contribution is -2.09. The molecule has 298 valence electrons. The van der Waals surface area contributed by atoms with E-state index in [4.69, 9.17) is 0 Å². The van der Waals surface area contributed by atoms with Gasteiger partial charge in [-0.05, 0) is 133 Å². The molecule has 0 spiro atoms. The van der Waals surface area contributed by atoms with Gasteiger partial charge < -0.3 is 18.9 Å². The monoisotopic (exact) mass is 806 g/mol. The summed E-state index contributed by atoms with van der Waals surface area (Å²) in [6, 6.07) is 85.8. The Hall–Kier alpha value is -8.34. The van der Waals surface area contributed by atoms with Gasteiger partial charge in [0.1, 0.15) is 0 Å². The van der Waals surface area contributed by atoms with E-state index in [-0.39, 0.29) is 0 Å². The molecule has 63 heavy (non-hydrogen) atoms. The molecule has 0 bridgehead atoms. The molecule has 0 atom stereocenters. The molecule has 0 saturated heterocycles. The van der Waals surface area contributed by atoms with Crippen LogP contribution in [0.5, 0.6) is 0 Å². The van der Waals surface area contributed by atoms with Gasteiger partial charge in [-0.1, -0.05) is 127 Å². The summed E-state index contributed by atoms with van der Waals surface area (Å²) < 4.78 is 4.84. The molecule has 0 saturated carbocycles. The fraction of sp³-hybridized carbons (Fsp3) is 0.0169. The maximum atomic E-state index is 2.42. The molecule has 2 aromatic heterocycles. The molecule has 2 heterocycles.